The summed E-state index contributed by atoms with van der Waals surface area (Å²) in [6.45, 7) is 6.86. The Hall–Kier alpha value is -1.30. The van der Waals surface area contributed by atoms with E-state index in [1.807, 2.05) is 0 Å². The van der Waals surface area contributed by atoms with Gasteiger partial charge in [0.2, 0.25) is 15.8 Å². The van der Waals surface area contributed by atoms with Crippen molar-refractivity contribution >= 4 is 10.0 Å². The summed E-state index contributed by atoms with van der Waals surface area (Å²) in [6, 6.07) is 0.567. The van der Waals surface area contributed by atoms with Crippen LogP contribution < -0.4 is 0 Å². The summed E-state index contributed by atoms with van der Waals surface area (Å²) in [7, 11) is -3.94. The van der Waals surface area contributed by atoms with Gasteiger partial charge in [-0.05, 0) is 38.5 Å². The van der Waals surface area contributed by atoms with E-state index in [0.717, 1.165) is 39.1 Å². The van der Waals surface area contributed by atoms with Crippen molar-refractivity contribution in [1.82, 2.24) is 19.2 Å². The molecule has 0 unspecified atom stereocenters. The predicted octanol–water partition coefficient (Wildman–Crippen LogP) is 1.84. The number of hydrogen-bond acceptors (Lipinski definition) is 6. The van der Waals surface area contributed by atoms with Crippen LogP contribution in [0.25, 0.3) is 0 Å². The van der Waals surface area contributed by atoms with Crippen molar-refractivity contribution in [3.05, 3.63) is 17.2 Å². The molecule has 1 saturated carbocycles. The number of ether oxygens (including phenoxy) is 1. The number of aryl methyl sites for hydroxylation is 2. The zero-order valence-corrected chi connectivity index (χ0v) is 17.8. The van der Waals surface area contributed by atoms with Crippen LogP contribution in [0, 0.1) is 31.1 Å². The fourth-order valence-electron chi connectivity index (χ4n) is 5.64. The standard InChI is InChI=1S/C19H25F3N4O3S/c1-11-16(12(2)24-17(23-11)19(20,21)22)30(27,28)26-7-13-5-25(6-14(13)8-26)15-3-18(4-15)9-29-10-18/h13-15H,3-10H2,1-2H3/t13-,14-/m1/s1. The van der Waals surface area contributed by atoms with Gasteiger partial charge >= 0.3 is 6.18 Å². The van der Waals surface area contributed by atoms with Crippen molar-refractivity contribution < 1.29 is 26.3 Å². The highest BCUT2D eigenvalue weighted by Crippen LogP contribution is 2.50. The van der Waals surface area contributed by atoms with Crippen LogP contribution in [0.3, 0.4) is 0 Å². The molecule has 0 N–H and O–H groups in total. The summed E-state index contributed by atoms with van der Waals surface area (Å²) in [6.07, 6.45) is -2.39. The van der Waals surface area contributed by atoms with Crippen molar-refractivity contribution in [1.29, 1.82) is 0 Å². The van der Waals surface area contributed by atoms with Gasteiger partial charge in [0.05, 0.1) is 24.6 Å². The maximum atomic E-state index is 13.2. The van der Waals surface area contributed by atoms with Gasteiger partial charge in [0.1, 0.15) is 4.90 Å². The van der Waals surface area contributed by atoms with Crippen LogP contribution in [0.15, 0.2) is 4.90 Å². The third-order valence-corrected chi connectivity index (χ3v) is 9.29. The number of halogens is 3. The quantitative estimate of drug-likeness (QED) is 0.706. The molecule has 1 aliphatic carbocycles. The first kappa shape index (κ1) is 20.6. The number of nitrogens with zero attached hydrogens (tertiary/aromatic N) is 4. The van der Waals surface area contributed by atoms with Gasteiger partial charge in [0, 0.05) is 37.6 Å². The summed E-state index contributed by atoms with van der Waals surface area (Å²) in [4.78, 5) is 9.16. The third kappa shape index (κ3) is 3.16. The summed E-state index contributed by atoms with van der Waals surface area (Å²) in [5.74, 6) is -0.796. The van der Waals surface area contributed by atoms with Crippen LogP contribution >= 0.6 is 0 Å². The number of fused-ring (bicyclic) bond motifs is 1. The van der Waals surface area contributed by atoms with Gasteiger partial charge in [-0.15, -0.1) is 0 Å². The Kier molecular flexibility index (Phi) is 4.53. The summed E-state index contributed by atoms with van der Waals surface area (Å²) >= 11 is 0. The minimum absolute atomic E-state index is 0.156. The van der Waals surface area contributed by atoms with Crippen molar-refractivity contribution in [3.8, 4) is 0 Å². The highest BCUT2D eigenvalue weighted by Gasteiger charge is 2.54. The van der Waals surface area contributed by atoms with Crippen LogP contribution in [0.2, 0.25) is 0 Å². The lowest BCUT2D eigenvalue weighted by Gasteiger charge is -2.55. The summed E-state index contributed by atoms with van der Waals surface area (Å²) < 4.78 is 72.0. The topological polar surface area (TPSA) is 75.6 Å². The predicted molar refractivity (Wildman–Crippen MR) is 100 cm³/mol. The Morgan fingerprint density at radius 2 is 1.53 bits per heavy atom. The molecule has 3 aliphatic heterocycles. The van der Waals surface area contributed by atoms with Crippen LogP contribution in [0.4, 0.5) is 13.2 Å². The molecule has 5 rings (SSSR count). The average molecular weight is 446 g/mol. The van der Waals surface area contributed by atoms with E-state index < -0.39 is 22.0 Å². The lowest BCUT2D eigenvalue weighted by molar-refractivity contribution is -0.183. The molecule has 4 heterocycles. The number of rotatable bonds is 3. The molecular weight excluding hydrogens is 421 g/mol. The normalized spacial score (nSPS) is 29.8. The minimum atomic E-state index is -4.71. The van der Waals surface area contributed by atoms with E-state index in [2.05, 4.69) is 14.9 Å². The van der Waals surface area contributed by atoms with Crippen LogP contribution in [-0.2, 0) is 20.9 Å². The number of hydrogen-bond donors (Lipinski definition) is 0. The molecule has 30 heavy (non-hydrogen) atoms. The van der Waals surface area contributed by atoms with Gasteiger partial charge < -0.3 is 4.74 Å². The molecule has 1 aromatic heterocycles. The fourth-order valence-corrected chi connectivity index (χ4v) is 7.51. The van der Waals surface area contributed by atoms with Crippen molar-refractivity contribution in [2.24, 2.45) is 17.3 Å². The monoisotopic (exact) mass is 446 g/mol. The Bertz CT molecular complexity index is 935. The molecule has 11 heteroatoms. The zero-order valence-electron chi connectivity index (χ0n) is 16.9. The van der Waals surface area contributed by atoms with Crippen LogP contribution in [0.1, 0.15) is 30.1 Å². The smallest absolute Gasteiger partial charge is 0.380 e. The van der Waals surface area contributed by atoms with Gasteiger partial charge in [-0.2, -0.15) is 17.5 Å². The zero-order chi connectivity index (χ0) is 21.5. The van der Waals surface area contributed by atoms with E-state index in [1.54, 1.807) is 0 Å². The molecule has 0 aromatic carbocycles. The fraction of sp³-hybridized carbons (Fsp3) is 0.789. The molecule has 0 bridgehead atoms. The second kappa shape index (κ2) is 6.60. The molecule has 7 nitrogen and oxygen atoms in total. The second-order valence-corrected chi connectivity index (χ2v) is 11.3. The summed E-state index contributed by atoms with van der Waals surface area (Å²) in [5.41, 5.74) is 0.0852. The number of aromatic nitrogens is 2. The largest absolute Gasteiger partial charge is 0.451 e. The Balaban J connectivity index is 1.29. The van der Waals surface area contributed by atoms with Gasteiger partial charge in [-0.3, -0.25) is 4.90 Å². The Morgan fingerprint density at radius 3 is 1.97 bits per heavy atom. The van der Waals surface area contributed by atoms with Gasteiger partial charge in [-0.25, -0.2) is 18.4 Å². The lowest BCUT2D eigenvalue weighted by Crippen LogP contribution is -2.59. The molecule has 1 aromatic rings. The van der Waals surface area contributed by atoms with Crippen molar-refractivity contribution in [2.75, 3.05) is 39.4 Å². The highest BCUT2D eigenvalue weighted by atomic mass is 32.2. The first-order valence-corrected chi connectivity index (χ1v) is 11.7. The molecule has 1 spiro atoms. The number of sulfonamides is 1. The van der Waals surface area contributed by atoms with Gasteiger partial charge in [0.25, 0.3) is 0 Å². The molecule has 4 fully saturated rings. The first-order valence-electron chi connectivity index (χ1n) is 10.2. The molecule has 2 atom stereocenters. The molecule has 0 amide bonds. The van der Waals surface area contributed by atoms with E-state index in [-0.39, 0.29) is 28.1 Å². The van der Waals surface area contributed by atoms with Crippen molar-refractivity contribution in [2.45, 2.75) is 43.8 Å². The Labute approximate surface area is 173 Å². The van der Waals surface area contributed by atoms with Gasteiger partial charge in [0.15, 0.2) is 0 Å². The molecule has 0 radical (unpaired) electrons. The molecule has 3 saturated heterocycles. The van der Waals surface area contributed by atoms with Crippen LogP contribution in [-0.4, -0.2) is 73.0 Å². The van der Waals surface area contributed by atoms with Crippen LogP contribution in [0.5, 0.6) is 0 Å². The minimum Gasteiger partial charge on any atom is -0.380 e. The summed E-state index contributed by atoms with van der Waals surface area (Å²) in [5, 5.41) is 0. The van der Waals surface area contributed by atoms with Crippen molar-refractivity contribution in [3.63, 3.8) is 0 Å². The van der Waals surface area contributed by atoms with E-state index in [4.69, 9.17) is 4.74 Å². The average Bonchev–Trinajstić information content (AvgIpc) is 3.09. The molecule has 166 valence electrons. The third-order valence-electron chi connectivity index (χ3n) is 7.21. The maximum absolute atomic E-state index is 13.2. The van der Waals surface area contributed by atoms with E-state index in [0.29, 0.717) is 24.5 Å². The van der Waals surface area contributed by atoms with Gasteiger partial charge in [-0.1, -0.05) is 0 Å². The highest BCUT2D eigenvalue weighted by molar-refractivity contribution is 7.89. The first-order chi connectivity index (χ1) is 14.0. The SMILES string of the molecule is Cc1nc(C(F)(F)F)nc(C)c1S(=O)(=O)N1C[C@H]2CN(C3CC4(COC4)C3)C[C@@H]2C1. The Morgan fingerprint density at radius 1 is 1.00 bits per heavy atom. The van der Waals surface area contributed by atoms with E-state index in [1.165, 1.54) is 18.2 Å². The molecule has 4 aliphatic rings. The molecular formula is C19H25F3N4O3S. The lowest BCUT2D eigenvalue weighted by atomic mass is 9.63. The second-order valence-electron chi connectivity index (χ2n) is 9.40. The van der Waals surface area contributed by atoms with E-state index in [9.17, 15) is 21.6 Å². The van der Waals surface area contributed by atoms with E-state index >= 15 is 0 Å². The number of alkyl halides is 3. The number of likely N-dealkylation sites (tertiary alicyclic amines) is 1. The maximum Gasteiger partial charge on any atom is 0.451 e.